The van der Waals surface area contributed by atoms with Gasteiger partial charge in [-0.05, 0) is 32.7 Å². The number of anilines is 1. The minimum atomic E-state index is -0.438. The molecule has 6 nitrogen and oxygen atoms in total. The maximum atomic E-state index is 11.7. The van der Waals surface area contributed by atoms with Crippen molar-refractivity contribution in [3.8, 4) is 0 Å². The lowest BCUT2D eigenvalue weighted by atomic mass is 10.0. The molecule has 1 fully saturated rings. The van der Waals surface area contributed by atoms with Gasteiger partial charge in [-0.2, -0.15) is 0 Å². The van der Waals surface area contributed by atoms with Crippen LogP contribution in [0.3, 0.4) is 0 Å². The Labute approximate surface area is 119 Å². The smallest absolute Gasteiger partial charge is 0.360 e. The van der Waals surface area contributed by atoms with Gasteiger partial charge in [-0.1, -0.05) is 6.92 Å². The second-order valence-corrected chi connectivity index (χ2v) is 5.18. The van der Waals surface area contributed by atoms with Gasteiger partial charge in [0.2, 0.25) is 0 Å². The molecule has 0 unspecified atom stereocenters. The van der Waals surface area contributed by atoms with Crippen molar-refractivity contribution in [1.29, 1.82) is 0 Å². The third-order valence-corrected chi connectivity index (χ3v) is 3.79. The maximum Gasteiger partial charge on any atom is 0.360 e. The van der Waals surface area contributed by atoms with Crippen molar-refractivity contribution in [2.24, 2.45) is 0 Å². The highest BCUT2D eigenvalue weighted by Gasteiger charge is 2.24. The molecule has 20 heavy (non-hydrogen) atoms. The number of nitrogens with two attached hydrogens (primary N) is 1. The van der Waals surface area contributed by atoms with Gasteiger partial charge in [0.05, 0.1) is 12.9 Å². The number of aromatic nitrogens is 2. The van der Waals surface area contributed by atoms with Crippen LogP contribution in [0.15, 0.2) is 6.33 Å². The van der Waals surface area contributed by atoms with E-state index in [2.05, 4.69) is 16.8 Å². The van der Waals surface area contributed by atoms with Gasteiger partial charge in [0.1, 0.15) is 5.82 Å². The van der Waals surface area contributed by atoms with Crippen LogP contribution in [0.1, 0.15) is 49.6 Å². The van der Waals surface area contributed by atoms with Crippen molar-refractivity contribution in [2.75, 3.05) is 32.0 Å². The number of ether oxygens (including phenoxy) is 1. The summed E-state index contributed by atoms with van der Waals surface area (Å²) in [7, 11) is 0. The number of carbonyl (C=O) groups excluding carboxylic acids is 1. The number of hydrogen-bond acceptors (Lipinski definition) is 5. The van der Waals surface area contributed by atoms with Crippen molar-refractivity contribution in [2.45, 2.75) is 39.2 Å². The summed E-state index contributed by atoms with van der Waals surface area (Å²) in [5, 5.41) is 0. The van der Waals surface area contributed by atoms with Crippen molar-refractivity contribution in [3.05, 3.63) is 12.0 Å². The summed E-state index contributed by atoms with van der Waals surface area (Å²) in [6.45, 7) is 7.61. The first-order valence-electron chi connectivity index (χ1n) is 7.39. The molecule has 112 valence electrons. The second-order valence-electron chi connectivity index (χ2n) is 5.18. The van der Waals surface area contributed by atoms with Crippen LogP contribution in [-0.2, 0) is 4.74 Å². The van der Waals surface area contributed by atoms with E-state index in [1.165, 1.54) is 6.42 Å². The minimum absolute atomic E-state index is 0.239. The molecule has 1 aromatic rings. The number of nitrogens with zero attached hydrogens (tertiary/aromatic N) is 3. The molecule has 0 atom stereocenters. The van der Waals surface area contributed by atoms with Crippen molar-refractivity contribution >= 4 is 11.8 Å². The molecule has 0 aromatic carbocycles. The van der Waals surface area contributed by atoms with Gasteiger partial charge in [-0.25, -0.2) is 9.78 Å². The zero-order valence-electron chi connectivity index (χ0n) is 12.3. The van der Waals surface area contributed by atoms with E-state index in [0.717, 1.165) is 32.5 Å². The molecule has 1 aromatic heterocycles. The lowest BCUT2D eigenvalue weighted by Gasteiger charge is -2.32. The minimum Gasteiger partial charge on any atom is -0.461 e. The highest BCUT2D eigenvalue weighted by molar-refractivity contribution is 5.92. The summed E-state index contributed by atoms with van der Waals surface area (Å²) < 4.78 is 6.88. The number of esters is 1. The van der Waals surface area contributed by atoms with Crippen molar-refractivity contribution in [1.82, 2.24) is 14.5 Å². The molecule has 0 bridgehead atoms. The Balaban J connectivity index is 2.02. The quantitative estimate of drug-likeness (QED) is 0.831. The molecule has 1 saturated heterocycles. The fraction of sp³-hybridized carbons (Fsp3) is 0.714. The van der Waals surface area contributed by atoms with Crippen LogP contribution in [0.5, 0.6) is 0 Å². The summed E-state index contributed by atoms with van der Waals surface area (Å²) in [5.41, 5.74) is 6.28. The van der Waals surface area contributed by atoms with Gasteiger partial charge >= 0.3 is 5.97 Å². The molecule has 1 aliphatic rings. The van der Waals surface area contributed by atoms with Crippen LogP contribution >= 0.6 is 0 Å². The lowest BCUT2D eigenvalue weighted by molar-refractivity contribution is 0.0521. The monoisotopic (exact) mass is 280 g/mol. The Morgan fingerprint density at radius 1 is 1.45 bits per heavy atom. The number of rotatable bonds is 5. The molecule has 0 saturated carbocycles. The fourth-order valence-corrected chi connectivity index (χ4v) is 2.76. The van der Waals surface area contributed by atoms with E-state index in [4.69, 9.17) is 10.5 Å². The van der Waals surface area contributed by atoms with Gasteiger partial charge in [-0.15, -0.1) is 0 Å². The summed E-state index contributed by atoms with van der Waals surface area (Å²) in [6, 6.07) is 0.332. The normalized spacial score (nSPS) is 17.3. The fourth-order valence-electron chi connectivity index (χ4n) is 2.76. The molecule has 0 spiro atoms. The number of likely N-dealkylation sites (tertiary alicyclic amines) is 1. The van der Waals surface area contributed by atoms with E-state index in [9.17, 15) is 4.79 Å². The number of carbonyl (C=O) groups is 1. The van der Waals surface area contributed by atoms with Gasteiger partial charge in [0.15, 0.2) is 5.69 Å². The topological polar surface area (TPSA) is 73.4 Å². The SMILES string of the molecule is CCCN1CCC(n2cnc(C(=O)OCC)c2N)CC1. The average molecular weight is 280 g/mol. The first-order valence-corrected chi connectivity index (χ1v) is 7.39. The zero-order chi connectivity index (χ0) is 14.5. The van der Waals surface area contributed by atoms with Crippen molar-refractivity contribution in [3.63, 3.8) is 0 Å². The van der Waals surface area contributed by atoms with E-state index in [1.54, 1.807) is 13.3 Å². The van der Waals surface area contributed by atoms with E-state index in [1.807, 2.05) is 4.57 Å². The van der Waals surface area contributed by atoms with Gasteiger partial charge in [0, 0.05) is 19.1 Å². The molecule has 0 radical (unpaired) electrons. The molecule has 2 rings (SSSR count). The van der Waals surface area contributed by atoms with Gasteiger partial charge in [-0.3, -0.25) is 0 Å². The highest BCUT2D eigenvalue weighted by Crippen LogP contribution is 2.26. The van der Waals surface area contributed by atoms with Crippen LogP contribution in [0.2, 0.25) is 0 Å². The van der Waals surface area contributed by atoms with Gasteiger partial charge < -0.3 is 19.9 Å². The Hall–Kier alpha value is -1.56. The Morgan fingerprint density at radius 3 is 2.75 bits per heavy atom. The van der Waals surface area contributed by atoms with Crippen LogP contribution in [0.4, 0.5) is 5.82 Å². The molecule has 2 heterocycles. The lowest BCUT2D eigenvalue weighted by Crippen LogP contribution is -2.35. The predicted molar refractivity (Wildman–Crippen MR) is 77.6 cm³/mol. The Morgan fingerprint density at radius 2 is 2.15 bits per heavy atom. The summed E-state index contributed by atoms with van der Waals surface area (Å²) in [6.07, 6.45) is 4.94. The number of imidazole rings is 1. The van der Waals surface area contributed by atoms with Crippen LogP contribution < -0.4 is 5.73 Å². The largest absolute Gasteiger partial charge is 0.461 e. The van der Waals surface area contributed by atoms with Crippen LogP contribution in [-0.4, -0.2) is 46.7 Å². The molecule has 2 N–H and O–H groups in total. The summed E-state index contributed by atoms with van der Waals surface area (Å²) in [5.74, 6) is -0.00967. The average Bonchev–Trinajstić information content (AvgIpc) is 2.82. The molecule has 0 amide bonds. The molecule has 1 aliphatic heterocycles. The molecule has 6 heteroatoms. The number of hydrogen-bond donors (Lipinski definition) is 1. The summed E-state index contributed by atoms with van der Waals surface area (Å²) >= 11 is 0. The molecular formula is C14H24N4O2. The standard InChI is InChI=1S/C14H24N4O2/c1-3-7-17-8-5-11(6-9-17)18-10-16-12(13(18)15)14(19)20-4-2/h10-11H,3-9,15H2,1-2H3. The maximum absolute atomic E-state index is 11.7. The second kappa shape index (κ2) is 6.74. The van der Waals surface area contributed by atoms with E-state index in [-0.39, 0.29) is 5.69 Å². The van der Waals surface area contributed by atoms with Crippen molar-refractivity contribution < 1.29 is 9.53 Å². The van der Waals surface area contributed by atoms with Crippen LogP contribution in [0, 0.1) is 0 Å². The van der Waals surface area contributed by atoms with E-state index in [0.29, 0.717) is 18.5 Å². The van der Waals surface area contributed by atoms with Gasteiger partial charge in [0.25, 0.3) is 0 Å². The van der Waals surface area contributed by atoms with E-state index < -0.39 is 5.97 Å². The first-order chi connectivity index (χ1) is 9.67. The highest BCUT2D eigenvalue weighted by atomic mass is 16.5. The summed E-state index contributed by atoms with van der Waals surface area (Å²) in [4.78, 5) is 18.3. The zero-order valence-corrected chi connectivity index (χ0v) is 12.3. The Bertz CT molecular complexity index is 450. The third-order valence-electron chi connectivity index (χ3n) is 3.79. The molecule has 0 aliphatic carbocycles. The number of nitrogen functional groups attached to an aromatic ring is 1. The third kappa shape index (κ3) is 3.12. The predicted octanol–water partition coefficient (Wildman–Crippen LogP) is 1.69. The number of piperidine rings is 1. The first kappa shape index (κ1) is 14.8. The Kier molecular flexibility index (Phi) is 5.00. The molecular weight excluding hydrogens is 256 g/mol. The van der Waals surface area contributed by atoms with Crippen LogP contribution in [0.25, 0.3) is 0 Å². The van der Waals surface area contributed by atoms with E-state index >= 15 is 0 Å².